The van der Waals surface area contributed by atoms with E-state index in [1.807, 2.05) is 0 Å². The van der Waals surface area contributed by atoms with Crippen LogP contribution in [0, 0.1) is 0 Å². The van der Waals surface area contributed by atoms with Crippen molar-refractivity contribution in [2.24, 2.45) is 0 Å². The predicted octanol–water partition coefficient (Wildman–Crippen LogP) is 38.9. The van der Waals surface area contributed by atoms with E-state index in [2.05, 4.69) is 615 Å². The topological polar surface area (TPSA) is 9.72 Å². The number of para-hydroxylation sites is 3. The third-order valence-corrected chi connectivity index (χ3v) is 26.6. The number of benzene rings is 24. The van der Waals surface area contributed by atoms with E-state index in [-0.39, 0.29) is 0 Å². The molecule has 141 heavy (non-hydrogen) atoms. The van der Waals surface area contributed by atoms with Gasteiger partial charge in [-0.05, 0) is 294 Å². The van der Waals surface area contributed by atoms with Crippen LogP contribution in [0.4, 0.5) is 51.2 Å². The van der Waals surface area contributed by atoms with Crippen LogP contribution < -0.4 is 14.7 Å². The highest BCUT2D eigenvalue weighted by Crippen LogP contribution is 2.48. The molecule has 0 radical (unpaired) electrons. The van der Waals surface area contributed by atoms with Crippen LogP contribution in [0.3, 0.4) is 0 Å². The summed E-state index contributed by atoms with van der Waals surface area (Å²) in [5.41, 5.74) is 39.1. The third kappa shape index (κ3) is 19.5. The van der Waals surface area contributed by atoms with Gasteiger partial charge in [0.05, 0.1) is 5.69 Å². The molecular formula is C138H99N3. The quantitative estimate of drug-likeness (QED) is 0.0710. The summed E-state index contributed by atoms with van der Waals surface area (Å²) in [7, 11) is 0. The Hall–Kier alpha value is -18.5. The molecule has 3 heteroatoms. The zero-order valence-corrected chi connectivity index (χ0v) is 78.0. The van der Waals surface area contributed by atoms with E-state index in [1.54, 1.807) is 0 Å². The molecule has 0 aliphatic heterocycles. The maximum atomic E-state index is 2.37. The molecule has 666 valence electrons. The minimum absolute atomic E-state index is 1.11. The fourth-order valence-electron chi connectivity index (χ4n) is 19.5. The van der Waals surface area contributed by atoms with Gasteiger partial charge in [0.25, 0.3) is 0 Å². The largest absolute Gasteiger partial charge is 0.311 e. The first-order chi connectivity index (χ1) is 69.9. The lowest BCUT2D eigenvalue weighted by Crippen LogP contribution is -2.11. The van der Waals surface area contributed by atoms with Gasteiger partial charge in [-0.3, -0.25) is 0 Å². The fraction of sp³-hybridized carbons (Fsp3) is 0. The van der Waals surface area contributed by atoms with Crippen LogP contribution in [0.1, 0.15) is 0 Å². The SMILES string of the molecule is c1ccc(-c2cc(-c3ccccc3)cc(N(c3ccccc3)c3ccc(-c4ccc5cccc(-c6ccccc6)c5c4)cc3)c2)cc1.c1ccc(-c2ccc(N(c3ccccc3)c3ccc(-c4ccc5cccc(-c6ccccc6)c5c4)cc3)c(-c3ccccc3)c2)cc1.c1ccc(-c2ccccc2-c2ccc(N(c3ccccc3)c3ccc(-c4ccc5cccc(-c6ccccc6)c5c4)cc3)cc2)cc1. The molecule has 0 bridgehead atoms. The van der Waals surface area contributed by atoms with Crippen molar-refractivity contribution in [1.29, 1.82) is 0 Å². The van der Waals surface area contributed by atoms with Crippen molar-refractivity contribution < 1.29 is 0 Å². The first-order valence-corrected chi connectivity index (χ1v) is 48.3. The molecule has 0 fully saturated rings. The highest BCUT2D eigenvalue weighted by atomic mass is 15.2. The number of hydrogen-bond acceptors (Lipinski definition) is 3. The van der Waals surface area contributed by atoms with Crippen molar-refractivity contribution in [3.8, 4) is 134 Å². The van der Waals surface area contributed by atoms with Gasteiger partial charge >= 0.3 is 0 Å². The van der Waals surface area contributed by atoms with Crippen molar-refractivity contribution in [3.05, 3.63) is 601 Å². The van der Waals surface area contributed by atoms with Crippen molar-refractivity contribution in [3.63, 3.8) is 0 Å². The Morgan fingerprint density at radius 1 is 0.0922 bits per heavy atom. The average Bonchev–Trinajstić information content (AvgIpc) is 0.781. The normalized spacial score (nSPS) is 11.0. The fourth-order valence-corrected chi connectivity index (χ4v) is 19.5. The van der Waals surface area contributed by atoms with E-state index >= 15 is 0 Å². The van der Waals surface area contributed by atoms with Crippen LogP contribution in [-0.2, 0) is 0 Å². The van der Waals surface area contributed by atoms with Crippen LogP contribution in [0.5, 0.6) is 0 Å². The molecule has 0 aromatic heterocycles. The first-order valence-electron chi connectivity index (χ1n) is 48.3. The Morgan fingerprint density at radius 3 is 0.624 bits per heavy atom. The minimum atomic E-state index is 1.11. The molecule has 3 nitrogen and oxygen atoms in total. The van der Waals surface area contributed by atoms with Gasteiger partial charge in [-0.1, -0.05) is 467 Å². The highest BCUT2D eigenvalue weighted by Gasteiger charge is 2.23. The van der Waals surface area contributed by atoms with Gasteiger partial charge in [0.1, 0.15) is 0 Å². The Balaban J connectivity index is 0.000000121. The molecule has 0 aliphatic rings. The molecular weight excluding hydrogens is 1700 g/mol. The summed E-state index contributed by atoms with van der Waals surface area (Å²) in [4.78, 5) is 7.05. The number of rotatable bonds is 21. The zero-order valence-electron chi connectivity index (χ0n) is 78.0. The Bertz CT molecular complexity index is 8290. The van der Waals surface area contributed by atoms with Crippen molar-refractivity contribution in [1.82, 2.24) is 0 Å². The summed E-state index contributed by atoms with van der Waals surface area (Å²) in [6.45, 7) is 0. The summed E-state index contributed by atoms with van der Waals surface area (Å²) in [5.74, 6) is 0. The van der Waals surface area contributed by atoms with Crippen LogP contribution >= 0.6 is 0 Å². The zero-order chi connectivity index (χ0) is 94.3. The van der Waals surface area contributed by atoms with Gasteiger partial charge in [-0.15, -0.1) is 0 Å². The molecule has 0 saturated carbocycles. The second-order valence-electron chi connectivity index (χ2n) is 35.4. The van der Waals surface area contributed by atoms with Gasteiger partial charge in [-0.2, -0.15) is 0 Å². The Labute approximate surface area is 826 Å². The summed E-state index contributed by atoms with van der Waals surface area (Å²) in [5, 5.41) is 7.52. The van der Waals surface area contributed by atoms with E-state index in [4.69, 9.17) is 0 Å². The molecule has 0 saturated heterocycles. The maximum absolute atomic E-state index is 2.37. The van der Waals surface area contributed by atoms with E-state index in [1.165, 1.54) is 166 Å². The standard InChI is InChI=1S/3C46H33N/c1-5-14-34(15-6-1)40-28-31-46(45(33-40)37-18-9-3-10-19-37)47(41-21-11-4-12-22-41)42-29-26-35(27-30-42)39-25-24-38-20-13-23-43(44(38)32-39)36-16-7-2-8-17-36;1-5-14-34(15-6-1)40-30-41(35-16-7-2-8-17-35)32-44(31-40)47(42-21-11-4-12-22-42)43-28-26-36(27-29-43)39-25-24-38-20-13-23-45(46(38)33-39)37-18-9-3-10-19-37;1-4-13-35(14-5-1)43-20-10-11-21-44(43)38-27-31-42(32-28-38)47(40-18-8-3-9-19-40)41-29-25-34(26-30-41)39-24-23-37-17-12-22-45(46(37)33-39)36-15-6-2-7-16-36/h3*1-33H. The number of hydrogen-bond donors (Lipinski definition) is 0. The van der Waals surface area contributed by atoms with Crippen molar-refractivity contribution in [2.45, 2.75) is 0 Å². The van der Waals surface area contributed by atoms with Gasteiger partial charge in [0.2, 0.25) is 0 Å². The first kappa shape index (κ1) is 87.8. The lowest BCUT2D eigenvalue weighted by molar-refractivity contribution is 1.28. The van der Waals surface area contributed by atoms with E-state index < -0.39 is 0 Å². The maximum Gasteiger partial charge on any atom is 0.0540 e. The second kappa shape index (κ2) is 41.3. The number of nitrogens with zero attached hydrogens (tertiary/aromatic N) is 3. The molecule has 24 aromatic rings. The summed E-state index contributed by atoms with van der Waals surface area (Å²) < 4.78 is 0. The Kier molecular flexibility index (Phi) is 25.7. The van der Waals surface area contributed by atoms with Gasteiger partial charge in [-0.25, -0.2) is 0 Å². The summed E-state index contributed by atoms with van der Waals surface area (Å²) in [6, 6.07) is 215. The van der Waals surface area contributed by atoms with Crippen LogP contribution in [0.25, 0.3) is 166 Å². The number of anilines is 9. The van der Waals surface area contributed by atoms with Crippen molar-refractivity contribution >= 4 is 83.5 Å². The molecule has 0 spiro atoms. The molecule has 0 heterocycles. The molecule has 24 aromatic carbocycles. The monoisotopic (exact) mass is 1800 g/mol. The minimum Gasteiger partial charge on any atom is -0.311 e. The van der Waals surface area contributed by atoms with E-state index in [9.17, 15) is 0 Å². The molecule has 0 unspecified atom stereocenters. The van der Waals surface area contributed by atoms with Gasteiger partial charge in [0.15, 0.2) is 0 Å². The van der Waals surface area contributed by atoms with E-state index in [0.29, 0.717) is 0 Å². The highest BCUT2D eigenvalue weighted by molar-refractivity contribution is 6.03. The van der Waals surface area contributed by atoms with Crippen LogP contribution in [-0.4, -0.2) is 0 Å². The van der Waals surface area contributed by atoms with E-state index in [0.717, 1.165) is 51.2 Å². The number of fused-ring (bicyclic) bond motifs is 3. The summed E-state index contributed by atoms with van der Waals surface area (Å²) >= 11 is 0. The molecule has 0 amide bonds. The van der Waals surface area contributed by atoms with Crippen LogP contribution in [0.2, 0.25) is 0 Å². The van der Waals surface area contributed by atoms with Crippen LogP contribution in [0.15, 0.2) is 601 Å². The Morgan fingerprint density at radius 2 is 0.298 bits per heavy atom. The predicted molar refractivity (Wildman–Crippen MR) is 601 cm³/mol. The lowest BCUT2D eigenvalue weighted by Gasteiger charge is -2.28. The molecule has 0 N–H and O–H groups in total. The summed E-state index contributed by atoms with van der Waals surface area (Å²) in [6.07, 6.45) is 0. The second-order valence-corrected chi connectivity index (χ2v) is 35.4. The molecule has 24 rings (SSSR count). The molecule has 0 aliphatic carbocycles. The van der Waals surface area contributed by atoms with Gasteiger partial charge < -0.3 is 14.7 Å². The smallest absolute Gasteiger partial charge is 0.0540 e. The molecule has 0 atom stereocenters. The average molecular weight is 1800 g/mol. The lowest BCUT2D eigenvalue weighted by atomic mass is 9.94. The third-order valence-electron chi connectivity index (χ3n) is 26.6. The van der Waals surface area contributed by atoms with Gasteiger partial charge in [0, 0.05) is 51.1 Å². The van der Waals surface area contributed by atoms with Crippen molar-refractivity contribution in [2.75, 3.05) is 14.7 Å².